The third-order valence-corrected chi connectivity index (χ3v) is 3.73. The third kappa shape index (κ3) is 2.03. The van der Waals surface area contributed by atoms with Gasteiger partial charge in [0, 0.05) is 5.25 Å². The van der Waals surface area contributed by atoms with Gasteiger partial charge in [-0.05, 0) is 28.7 Å². The van der Waals surface area contributed by atoms with Gasteiger partial charge in [0.2, 0.25) is 0 Å². The van der Waals surface area contributed by atoms with Crippen molar-refractivity contribution in [3.8, 4) is 0 Å². The average Bonchev–Trinajstić information content (AvgIpc) is 2.36. The lowest BCUT2D eigenvalue weighted by atomic mass is 9.93. The van der Waals surface area contributed by atoms with Crippen LogP contribution in [0.3, 0.4) is 0 Å². The molecule has 0 bridgehead atoms. The predicted octanol–water partition coefficient (Wildman–Crippen LogP) is 4.38. The molecule has 0 saturated carbocycles. The van der Waals surface area contributed by atoms with Crippen LogP contribution in [0.25, 0.3) is 12.2 Å². The lowest BCUT2D eigenvalue weighted by molar-refractivity contribution is 0.932. The van der Waals surface area contributed by atoms with Gasteiger partial charge in [-0.25, -0.2) is 0 Å². The summed E-state index contributed by atoms with van der Waals surface area (Å²) in [7, 11) is 0. The molecule has 0 fully saturated rings. The first-order chi connectivity index (χ1) is 8.34. The molecule has 2 aromatic rings. The summed E-state index contributed by atoms with van der Waals surface area (Å²) in [4.78, 5) is 0. The fourth-order valence-electron chi connectivity index (χ4n) is 2.35. The first kappa shape index (κ1) is 10.7. The predicted molar refractivity (Wildman–Crippen MR) is 77.2 cm³/mol. The van der Waals surface area contributed by atoms with Gasteiger partial charge >= 0.3 is 0 Å². The molecule has 1 heteroatoms. The van der Waals surface area contributed by atoms with Crippen LogP contribution < -0.4 is 0 Å². The molecule has 0 radical (unpaired) electrons. The highest BCUT2D eigenvalue weighted by Crippen LogP contribution is 2.32. The Kier molecular flexibility index (Phi) is 2.77. The van der Waals surface area contributed by atoms with Crippen LogP contribution in [0, 0.1) is 0 Å². The molecular formula is C16H14S. The Bertz CT molecular complexity index is 569. The van der Waals surface area contributed by atoms with Crippen molar-refractivity contribution in [2.75, 3.05) is 0 Å². The smallest absolute Gasteiger partial charge is 0.0313 e. The molecule has 84 valence electrons. The first-order valence-corrected chi connectivity index (χ1v) is 6.39. The first-order valence-electron chi connectivity index (χ1n) is 5.87. The van der Waals surface area contributed by atoms with Gasteiger partial charge in [0.05, 0.1) is 0 Å². The highest BCUT2D eigenvalue weighted by molar-refractivity contribution is 7.80. The zero-order valence-electron chi connectivity index (χ0n) is 9.51. The number of thiol groups is 1. The number of hydrogen-bond donors (Lipinski definition) is 1. The van der Waals surface area contributed by atoms with Gasteiger partial charge in [-0.15, -0.1) is 0 Å². The molecule has 3 rings (SSSR count). The van der Waals surface area contributed by atoms with E-state index in [1.807, 2.05) is 0 Å². The van der Waals surface area contributed by atoms with E-state index in [1.54, 1.807) is 0 Å². The molecule has 0 spiro atoms. The lowest BCUT2D eigenvalue weighted by Crippen LogP contribution is -2.02. The summed E-state index contributed by atoms with van der Waals surface area (Å²) in [6, 6.07) is 17.0. The molecule has 0 amide bonds. The molecule has 1 aliphatic carbocycles. The van der Waals surface area contributed by atoms with Crippen molar-refractivity contribution >= 4 is 24.8 Å². The topological polar surface area (TPSA) is 0 Å². The van der Waals surface area contributed by atoms with Crippen LogP contribution in [0.2, 0.25) is 0 Å². The van der Waals surface area contributed by atoms with E-state index >= 15 is 0 Å². The Balaban J connectivity index is 2.16. The van der Waals surface area contributed by atoms with E-state index in [0.29, 0.717) is 0 Å². The Morgan fingerprint density at radius 1 is 0.824 bits per heavy atom. The van der Waals surface area contributed by atoms with E-state index in [0.717, 1.165) is 6.42 Å². The van der Waals surface area contributed by atoms with Crippen molar-refractivity contribution in [1.29, 1.82) is 0 Å². The molecule has 0 nitrogen and oxygen atoms in total. The Morgan fingerprint density at radius 2 is 1.47 bits per heavy atom. The minimum absolute atomic E-state index is 0.275. The maximum absolute atomic E-state index is 4.75. The maximum Gasteiger partial charge on any atom is 0.0313 e. The highest BCUT2D eigenvalue weighted by Gasteiger charge is 2.14. The molecule has 0 heterocycles. The second-order valence-corrected chi connectivity index (χ2v) is 5.00. The van der Waals surface area contributed by atoms with Gasteiger partial charge in [0.15, 0.2) is 0 Å². The van der Waals surface area contributed by atoms with E-state index < -0.39 is 0 Å². The monoisotopic (exact) mass is 238 g/mol. The van der Waals surface area contributed by atoms with Gasteiger partial charge in [-0.3, -0.25) is 0 Å². The fraction of sp³-hybridized carbons (Fsp3) is 0.125. The molecule has 0 aromatic heterocycles. The Morgan fingerprint density at radius 3 is 2.35 bits per heavy atom. The van der Waals surface area contributed by atoms with Gasteiger partial charge in [-0.2, -0.15) is 12.6 Å². The number of fused-ring (bicyclic) bond motifs is 2. The minimum atomic E-state index is 0.275. The summed E-state index contributed by atoms with van der Waals surface area (Å²) in [5.41, 5.74) is 5.28. The summed E-state index contributed by atoms with van der Waals surface area (Å²) in [5, 5.41) is 0.275. The molecule has 1 aliphatic rings. The summed E-state index contributed by atoms with van der Waals surface area (Å²) < 4.78 is 0. The molecule has 0 aliphatic heterocycles. The minimum Gasteiger partial charge on any atom is -0.171 e. The van der Waals surface area contributed by atoms with Crippen molar-refractivity contribution < 1.29 is 0 Å². The highest BCUT2D eigenvalue weighted by atomic mass is 32.1. The Labute approximate surface area is 107 Å². The summed E-state index contributed by atoms with van der Waals surface area (Å²) >= 11 is 4.75. The van der Waals surface area contributed by atoms with Gasteiger partial charge in [-0.1, -0.05) is 60.7 Å². The second kappa shape index (κ2) is 4.42. The summed E-state index contributed by atoms with van der Waals surface area (Å²) in [6.07, 6.45) is 5.38. The maximum atomic E-state index is 4.75. The van der Waals surface area contributed by atoms with Crippen LogP contribution in [-0.2, 0) is 6.42 Å². The van der Waals surface area contributed by atoms with E-state index in [4.69, 9.17) is 12.6 Å². The van der Waals surface area contributed by atoms with Crippen LogP contribution >= 0.6 is 12.6 Å². The molecular weight excluding hydrogens is 224 g/mol. The van der Waals surface area contributed by atoms with Gasteiger partial charge in [0.1, 0.15) is 0 Å². The zero-order chi connectivity index (χ0) is 11.7. The van der Waals surface area contributed by atoms with Crippen LogP contribution in [-0.4, -0.2) is 0 Å². The van der Waals surface area contributed by atoms with Crippen molar-refractivity contribution in [3.63, 3.8) is 0 Å². The van der Waals surface area contributed by atoms with Crippen LogP contribution in [0.1, 0.15) is 27.5 Å². The number of hydrogen-bond acceptors (Lipinski definition) is 1. The molecule has 0 N–H and O–H groups in total. The fourth-order valence-corrected chi connectivity index (χ4v) is 2.78. The standard InChI is InChI=1S/C16H14S/c17-16-11-14-7-2-1-5-12(14)9-10-13-6-3-4-8-15(13)16/h1-10,16-17H,11H2/b10-9-. The van der Waals surface area contributed by atoms with Crippen LogP contribution in [0.15, 0.2) is 48.5 Å². The van der Waals surface area contributed by atoms with Crippen molar-refractivity contribution in [1.82, 2.24) is 0 Å². The Hall–Kier alpha value is -1.47. The van der Waals surface area contributed by atoms with Gasteiger partial charge < -0.3 is 0 Å². The largest absolute Gasteiger partial charge is 0.171 e. The van der Waals surface area contributed by atoms with Crippen LogP contribution in [0.4, 0.5) is 0 Å². The van der Waals surface area contributed by atoms with E-state index in [1.165, 1.54) is 22.3 Å². The lowest BCUT2D eigenvalue weighted by Gasteiger charge is -2.18. The van der Waals surface area contributed by atoms with E-state index in [-0.39, 0.29) is 5.25 Å². The zero-order valence-corrected chi connectivity index (χ0v) is 10.4. The van der Waals surface area contributed by atoms with Gasteiger partial charge in [0.25, 0.3) is 0 Å². The number of benzene rings is 2. The third-order valence-electron chi connectivity index (χ3n) is 3.27. The summed E-state index contributed by atoms with van der Waals surface area (Å²) in [6.45, 7) is 0. The van der Waals surface area contributed by atoms with E-state index in [9.17, 15) is 0 Å². The van der Waals surface area contributed by atoms with Crippen molar-refractivity contribution in [2.45, 2.75) is 11.7 Å². The van der Waals surface area contributed by atoms with Crippen molar-refractivity contribution in [3.05, 3.63) is 70.8 Å². The molecule has 1 unspecified atom stereocenters. The molecule has 0 saturated heterocycles. The molecule has 2 aromatic carbocycles. The van der Waals surface area contributed by atoms with Crippen molar-refractivity contribution in [2.24, 2.45) is 0 Å². The summed E-state index contributed by atoms with van der Waals surface area (Å²) in [5.74, 6) is 0. The number of rotatable bonds is 0. The SMILES string of the molecule is SC1Cc2ccccc2/C=C\c2ccccc21. The quantitative estimate of drug-likeness (QED) is 0.647. The molecule has 17 heavy (non-hydrogen) atoms. The normalized spacial score (nSPS) is 19.7. The molecule has 1 atom stereocenters. The van der Waals surface area contributed by atoms with E-state index in [2.05, 4.69) is 60.7 Å². The average molecular weight is 238 g/mol. The van der Waals surface area contributed by atoms with Crippen LogP contribution in [0.5, 0.6) is 0 Å². The second-order valence-electron chi connectivity index (χ2n) is 4.38.